The molecule has 0 fully saturated rings. The third kappa shape index (κ3) is 3.81. The van der Waals surface area contributed by atoms with E-state index >= 15 is 0 Å². The van der Waals surface area contributed by atoms with Crippen LogP contribution in [0.25, 0.3) is 0 Å². The van der Waals surface area contributed by atoms with Crippen molar-refractivity contribution in [2.45, 2.75) is 13.8 Å². The Labute approximate surface area is 113 Å². The smallest absolute Gasteiger partial charge is 0.252 e. The van der Waals surface area contributed by atoms with Gasteiger partial charge < -0.3 is 10.6 Å². The average molecular weight is 319 g/mol. The van der Waals surface area contributed by atoms with E-state index < -0.39 is 5.41 Å². The van der Waals surface area contributed by atoms with Gasteiger partial charge in [0.1, 0.15) is 0 Å². The molecule has 0 bridgehead atoms. The van der Waals surface area contributed by atoms with Gasteiger partial charge in [-0.05, 0) is 35.8 Å². The first-order chi connectivity index (χ1) is 7.86. The lowest BCUT2D eigenvalue weighted by Gasteiger charge is -2.22. The van der Waals surface area contributed by atoms with E-state index in [0.29, 0.717) is 12.1 Å². The van der Waals surface area contributed by atoms with Gasteiger partial charge in [-0.15, -0.1) is 11.3 Å². The van der Waals surface area contributed by atoms with E-state index in [-0.39, 0.29) is 11.8 Å². The number of rotatable bonds is 4. The van der Waals surface area contributed by atoms with Crippen LogP contribution in [0.1, 0.15) is 24.2 Å². The van der Waals surface area contributed by atoms with Crippen molar-refractivity contribution in [3.63, 3.8) is 0 Å². The third-order valence-electron chi connectivity index (χ3n) is 2.36. The van der Waals surface area contributed by atoms with E-state index in [1.165, 1.54) is 11.3 Å². The van der Waals surface area contributed by atoms with Crippen LogP contribution in [0.3, 0.4) is 0 Å². The monoisotopic (exact) mass is 318 g/mol. The highest BCUT2D eigenvalue weighted by molar-refractivity contribution is 9.11. The van der Waals surface area contributed by atoms with Gasteiger partial charge in [-0.25, -0.2) is 0 Å². The Bertz CT molecular complexity index is 429. The molecule has 1 aromatic heterocycles. The molecule has 4 nitrogen and oxygen atoms in total. The summed E-state index contributed by atoms with van der Waals surface area (Å²) in [5, 5.41) is 7.10. The summed E-state index contributed by atoms with van der Waals surface area (Å²) in [7, 11) is 1.59. The average Bonchev–Trinajstić information content (AvgIpc) is 2.71. The lowest BCUT2D eigenvalue weighted by Crippen LogP contribution is -2.43. The number of hydrogen-bond acceptors (Lipinski definition) is 3. The first-order valence-corrected chi connectivity index (χ1v) is 6.78. The molecule has 1 heterocycles. The highest BCUT2D eigenvalue weighted by Crippen LogP contribution is 2.21. The molecule has 0 spiro atoms. The third-order valence-corrected chi connectivity index (χ3v) is 3.87. The van der Waals surface area contributed by atoms with Crippen molar-refractivity contribution in [2.75, 3.05) is 13.6 Å². The highest BCUT2D eigenvalue weighted by Gasteiger charge is 2.27. The highest BCUT2D eigenvalue weighted by atomic mass is 79.9. The second-order valence-electron chi connectivity index (χ2n) is 4.29. The maximum absolute atomic E-state index is 11.8. The van der Waals surface area contributed by atoms with E-state index in [0.717, 1.165) is 3.79 Å². The number of carbonyl (C=O) groups is 2. The molecular formula is C11H15BrN2O2S. The molecule has 6 heteroatoms. The first kappa shape index (κ1) is 14.2. The molecule has 0 aliphatic heterocycles. The molecule has 0 saturated carbocycles. The SMILES string of the molecule is CNC(=O)C(C)(C)CNC(=O)c1csc(Br)c1. The Morgan fingerprint density at radius 2 is 2.12 bits per heavy atom. The van der Waals surface area contributed by atoms with Crippen molar-refractivity contribution >= 4 is 39.1 Å². The van der Waals surface area contributed by atoms with Crippen LogP contribution < -0.4 is 10.6 Å². The van der Waals surface area contributed by atoms with Crippen LogP contribution in [0.4, 0.5) is 0 Å². The summed E-state index contributed by atoms with van der Waals surface area (Å²) in [6.45, 7) is 3.88. The fourth-order valence-electron chi connectivity index (χ4n) is 1.25. The Balaban J connectivity index is 2.57. The van der Waals surface area contributed by atoms with Crippen molar-refractivity contribution in [1.82, 2.24) is 10.6 Å². The summed E-state index contributed by atoms with van der Waals surface area (Å²) in [6, 6.07) is 1.76. The molecular weight excluding hydrogens is 304 g/mol. The van der Waals surface area contributed by atoms with Crippen molar-refractivity contribution < 1.29 is 9.59 Å². The maximum atomic E-state index is 11.8. The van der Waals surface area contributed by atoms with Gasteiger partial charge in [0.05, 0.1) is 14.8 Å². The molecule has 0 aliphatic carbocycles. The van der Waals surface area contributed by atoms with Crippen molar-refractivity contribution in [3.05, 3.63) is 20.8 Å². The lowest BCUT2D eigenvalue weighted by molar-refractivity contribution is -0.128. The first-order valence-electron chi connectivity index (χ1n) is 5.11. The summed E-state index contributed by atoms with van der Waals surface area (Å²) in [6.07, 6.45) is 0. The van der Waals surface area contributed by atoms with E-state index in [4.69, 9.17) is 0 Å². The van der Waals surface area contributed by atoms with Gasteiger partial charge in [-0.1, -0.05) is 0 Å². The van der Waals surface area contributed by atoms with E-state index in [9.17, 15) is 9.59 Å². The van der Waals surface area contributed by atoms with Crippen LogP contribution in [0.5, 0.6) is 0 Å². The summed E-state index contributed by atoms with van der Waals surface area (Å²) >= 11 is 4.75. The number of hydrogen-bond donors (Lipinski definition) is 2. The van der Waals surface area contributed by atoms with Crippen LogP contribution in [0, 0.1) is 5.41 Å². The zero-order valence-corrected chi connectivity index (χ0v) is 12.4. The van der Waals surface area contributed by atoms with E-state index in [1.807, 2.05) is 0 Å². The molecule has 0 unspecified atom stereocenters. The van der Waals surface area contributed by atoms with E-state index in [1.54, 1.807) is 32.3 Å². The largest absolute Gasteiger partial charge is 0.359 e. The zero-order valence-electron chi connectivity index (χ0n) is 9.96. The topological polar surface area (TPSA) is 58.2 Å². The van der Waals surface area contributed by atoms with Crippen molar-refractivity contribution in [2.24, 2.45) is 5.41 Å². The molecule has 0 atom stereocenters. The quantitative estimate of drug-likeness (QED) is 0.892. The fourth-order valence-corrected chi connectivity index (χ4v) is 2.39. The summed E-state index contributed by atoms with van der Waals surface area (Å²) < 4.78 is 0.910. The van der Waals surface area contributed by atoms with Gasteiger partial charge in [-0.3, -0.25) is 9.59 Å². The zero-order chi connectivity index (χ0) is 13.1. The summed E-state index contributed by atoms with van der Waals surface area (Å²) in [5.74, 6) is -0.256. The number of halogens is 1. The Hall–Kier alpha value is -0.880. The predicted octanol–water partition coefficient (Wildman–Crippen LogP) is 2.01. The Kier molecular flexibility index (Phi) is 4.70. The molecule has 2 N–H and O–H groups in total. The van der Waals surface area contributed by atoms with E-state index in [2.05, 4.69) is 26.6 Å². The standard InChI is InChI=1S/C11H15BrN2O2S/c1-11(2,10(16)13-3)6-14-9(15)7-4-8(12)17-5-7/h4-5H,6H2,1-3H3,(H,13,16)(H,14,15). The van der Waals surface area contributed by atoms with Crippen LogP contribution in [-0.4, -0.2) is 25.4 Å². The normalized spacial score (nSPS) is 11.1. The fraction of sp³-hybridized carbons (Fsp3) is 0.455. The molecule has 0 saturated heterocycles. The van der Waals surface area contributed by atoms with Gasteiger partial charge >= 0.3 is 0 Å². The number of nitrogens with one attached hydrogen (secondary N) is 2. The van der Waals surface area contributed by atoms with Crippen LogP contribution >= 0.6 is 27.3 Å². The molecule has 2 amide bonds. The minimum absolute atomic E-state index is 0.0932. The molecule has 0 aromatic carbocycles. The number of amides is 2. The molecule has 94 valence electrons. The van der Waals surface area contributed by atoms with Gasteiger partial charge in [0.15, 0.2) is 0 Å². The van der Waals surface area contributed by atoms with Crippen LogP contribution in [-0.2, 0) is 4.79 Å². The lowest BCUT2D eigenvalue weighted by atomic mass is 9.92. The minimum Gasteiger partial charge on any atom is -0.359 e. The van der Waals surface area contributed by atoms with Crippen molar-refractivity contribution in [1.29, 1.82) is 0 Å². The molecule has 1 rings (SSSR count). The predicted molar refractivity (Wildman–Crippen MR) is 72.2 cm³/mol. The van der Waals surface area contributed by atoms with Crippen LogP contribution in [0.2, 0.25) is 0 Å². The Morgan fingerprint density at radius 1 is 1.47 bits per heavy atom. The molecule has 17 heavy (non-hydrogen) atoms. The van der Waals surface area contributed by atoms with Crippen LogP contribution in [0.15, 0.2) is 15.2 Å². The minimum atomic E-state index is -0.613. The molecule has 0 aliphatic rings. The second kappa shape index (κ2) is 5.64. The number of carbonyl (C=O) groups excluding carboxylic acids is 2. The maximum Gasteiger partial charge on any atom is 0.252 e. The summed E-state index contributed by atoms with van der Waals surface area (Å²) in [5.41, 5.74) is -0.00733. The molecule has 1 aromatic rings. The second-order valence-corrected chi connectivity index (χ2v) is 6.58. The molecule has 0 radical (unpaired) electrons. The Morgan fingerprint density at radius 3 is 2.59 bits per heavy atom. The van der Waals surface area contributed by atoms with Gasteiger partial charge in [0, 0.05) is 19.0 Å². The summed E-state index contributed by atoms with van der Waals surface area (Å²) in [4.78, 5) is 23.3. The van der Waals surface area contributed by atoms with Gasteiger partial charge in [0.25, 0.3) is 5.91 Å². The van der Waals surface area contributed by atoms with Gasteiger partial charge in [0.2, 0.25) is 5.91 Å². The van der Waals surface area contributed by atoms with Gasteiger partial charge in [-0.2, -0.15) is 0 Å². The van der Waals surface area contributed by atoms with Crippen molar-refractivity contribution in [3.8, 4) is 0 Å². The number of thiophene rings is 1.